The third kappa shape index (κ3) is 3.95. The number of rotatable bonds is 7. The molecule has 0 spiro atoms. The summed E-state index contributed by atoms with van der Waals surface area (Å²) in [6, 6.07) is 0.168. The van der Waals surface area contributed by atoms with Crippen molar-refractivity contribution >= 4 is 10.0 Å². The van der Waals surface area contributed by atoms with Crippen LogP contribution in [0.3, 0.4) is 0 Å². The zero-order valence-corrected chi connectivity index (χ0v) is 14.2. The van der Waals surface area contributed by atoms with Gasteiger partial charge in [0, 0.05) is 31.2 Å². The van der Waals surface area contributed by atoms with Crippen LogP contribution in [-0.2, 0) is 23.1 Å². The Bertz CT molecular complexity index is 715. The third-order valence-electron chi connectivity index (χ3n) is 3.23. The molecule has 0 aliphatic heterocycles. The quantitative estimate of drug-likeness (QED) is 0.841. The van der Waals surface area contributed by atoms with Gasteiger partial charge in [0.05, 0.1) is 12.9 Å². The minimum atomic E-state index is -3.63. The van der Waals surface area contributed by atoms with Gasteiger partial charge in [-0.05, 0) is 19.8 Å². The van der Waals surface area contributed by atoms with Gasteiger partial charge in [-0.3, -0.25) is 0 Å². The Morgan fingerprint density at radius 3 is 2.55 bits per heavy atom. The van der Waals surface area contributed by atoms with Gasteiger partial charge in [0.15, 0.2) is 5.03 Å². The molecule has 2 heterocycles. The maximum absolute atomic E-state index is 12.3. The van der Waals surface area contributed by atoms with E-state index in [-0.39, 0.29) is 17.6 Å². The summed E-state index contributed by atoms with van der Waals surface area (Å²) in [5.74, 6) is 1.16. The standard InChI is InChI=1S/C14H23N5O2S/c1-11(2)8-18-6-5-15-13(18)7-17-22(20,21)14-9-19(10-16-14)12(3)4/h5-6,9-12,17H,7-8H2,1-4H3. The molecule has 2 aromatic rings. The first-order valence-corrected chi connectivity index (χ1v) is 8.81. The number of imidazole rings is 2. The lowest BCUT2D eigenvalue weighted by Gasteiger charge is -2.10. The SMILES string of the molecule is CC(C)Cn1ccnc1CNS(=O)(=O)c1cn(C(C)C)cn1. The average molecular weight is 325 g/mol. The minimum Gasteiger partial charge on any atom is -0.334 e. The fraction of sp³-hybridized carbons (Fsp3) is 0.571. The van der Waals surface area contributed by atoms with Crippen LogP contribution in [0.25, 0.3) is 0 Å². The highest BCUT2D eigenvalue weighted by molar-refractivity contribution is 7.89. The molecule has 2 aromatic heterocycles. The van der Waals surface area contributed by atoms with E-state index >= 15 is 0 Å². The Kier molecular flexibility index (Phi) is 5.02. The second-order valence-electron chi connectivity index (χ2n) is 5.97. The van der Waals surface area contributed by atoms with Crippen LogP contribution in [0.5, 0.6) is 0 Å². The van der Waals surface area contributed by atoms with Crippen LogP contribution in [0, 0.1) is 5.92 Å². The summed E-state index contributed by atoms with van der Waals surface area (Å²) in [5.41, 5.74) is 0. The molecule has 1 N–H and O–H groups in total. The van der Waals surface area contributed by atoms with E-state index in [4.69, 9.17) is 0 Å². The second-order valence-corrected chi connectivity index (χ2v) is 7.68. The lowest BCUT2D eigenvalue weighted by atomic mass is 10.2. The molecule has 0 aromatic carbocycles. The van der Waals surface area contributed by atoms with Crippen LogP contribution in [0.2, 0.25) is 0 Å². The molecule has 22 heavy (non-hydrogen) atoms. The number of nitrogens with zero attached hydrogens (tertiary/aromatic N) is 4. The van der Waals surface area contributed by atoms with Gasteiger partial charge in [0.25, 0.3) is 10.0 Å². The van der Waals surface area contributed by atoms with E-state index < -0.39 is 10.0 Å². The molecule has 0 saturated carbocycles. The zero-order valence-electron chi connectivity index (χ0n) is 13.4. The van der Waals surface area contributed by atoms with Gasteiger partial charge in [-0.2, -0.15) is 0 Å². The monoisotopic (exact) mass is 325 g/mol. The van der Waals surface area contributed by atoms with Crippen molar-refractivity contribution < 1.29 is 8.42 Å². The Morgan fingerprint density at radius 1 is 1.23 bits per heavy atom. The molecule has 0 fully saturated rings. The first-order chi connectivity index (χ1) is 10.3. The summed E-state index contributed by atoms with van der Waals surface area (Å²) in [6.45, 7) is 9.09. The van der Waals surface area contributed by atoms with Gasteiger partial charge >= 0.3 is 0 Å². The van der Waals surface area contributed by atoms with E-state index in [9.17, 15) is 8.42 Å². The van der Waals surface area contributed by atoms with Gasteiger partial charge < -0.3 is 9.13 Å². The maximum Gasteiger partial charge on any atom is 0.259 e. The lowest BCUT2D eigenvalue weighted by Crippen LogP contribution is -2.25. The molecule has 2 rings (SSSR count). The second kappa shape index (κ2) is 6.62. The first kappa shape index (κ1) is 16.7. The zero-order chi connectivity index (χ0) is 16.3. The first-order valence-electron chi connectivity index (χ1n) is 7.32. The van der Waals surface area contributed by atoms with Gasteiger partial charge in [-0.1, -0.05) is 13.8 Å². The van der Waals surface area contributed by atoms with Crippen LogP contribution >= 0.6 is 0 Å². The van der Waals surface area contributed by atoms with Crippen LogP contribution in [-0.4, -0.2) is 27.5 Å². The number of sulfonamides is 1. The largest absolute Gasteiger partial charge is 0.334 e. The van der Waals surface area contributed by atoms with Gasteiger partial charge in [0.2, 0.25) is 0 Å². The summed E-state index contributed by atoms with van der Waals surface area (Å²) in [4.78, 5) is 8.17. The molecule has 0 bridgehead atoms. The molecule has 7 nitrogen and oxygen atoms in total. The highest BCUT2D eigenvalue weighted by atomic mass is 32.2. The Balaban J connectivity index is 2.08. The summed E-state index contributed by atoms with van der Waals surface area (Å²) in [6.07, 6.45) is 6.60. The van der Waals surface area contributed by atoms with E-state index in [0.29, 0.717) is 11.7 Å². The van der Waals surface area contributed by atoms with Crippen LogP contribution in [0.15, 0.2) is 29.9 Å². The number of nitrogens with one attached hydrogen (secondary N) is 1. The number of hydrogen-bond acceptors (Lipinski definition) is 4. The summed E-state index contributed by atoms with van der Waals surface area (Å²) < 4.78 is 30.8. The Hall–Kier alpha value is -1.67. The van der Waals surface area contributed by atoms with Gasteiger partial charge in [-0.25, -0.2) is 23.1 Å². The highest BCUT2D eigenvalue weighted by Crippen LogP contribution is 2.11. The summed E-state index contributed by atoms with van der Waals surface area (Å²) in [5, 5.41) is 0.0307. The fourth-order valence-electron chi connectivity index (χ4n) is 2.04. The molecule has 0 saturated heterocycles. The van der Waals surface area contributed by atoms with Gasteiger partial charge in [-0.15, -0.1) is 0 Å². The van der Waals surface area contributed by atoms with Crippen molar-refractivity contribution in [1.82, 2.24) is 23.8 Å². The predicted octanol–water partition coefficient (Wildman–Crippen LogP) is 1.79. The van der Waals surface area contributed by atoms with E-state index in [1.165, 1.54) is 12.5 Å². The molecule has 8 heteroatoms. The average Bonchev–Trinajstić information content (AvgIpc) is 3.04. The molecule has 0 unspecified atom stereocenters. The predicted molar refractivity (Wildman–Crippen MR) is 83.7 cm³/mol. The third-order valence-corrected chi connectivity index (χ3v) is 4.52. The molecule has 0 amide bonds. The van der Waals surface area contributed by atoms with E-state index in [2.05, 4.69) is 28.5 Å². The molecule has 0 radical (unpaired) electrons. The normalized spacial score (nSPS) is 12.5. The number of hydrogen-bond donors (Lipinski definition) is 1. The van der Waals surface area contributed by atoms with Crippen molar-refractivity contribution in [3.8, 4) is 0 Å². The Labute approximate surface area is 131 Å². The molecule has 122 valence electrons. The smallest absolute Gasteiger partial charge is 0.259 e. The molecular weight excluding hydrogens is 302 g/mol. The van der Waals surface area contributed by atoms with Crippen LogP contribution in [0.4, 0.5) is 0 Å². The topological polar surface area (TPSA) is 81.8 Å². The summed E-state index contributed by atoms with van der Waals surface area (Å²) >= 11 is 0. The molecular formula is C14H23N5O2S. The van der Waals surface area contributed by atoms with E-state index in [1.54, 1.807) is 10.8 Å². The van der Waals surface area contributed by atoms with E-state index in [1.807, 2.05) is 24.6 Å². The number of aromatic nitrogens is 4. The summed E-state index contributed by atoms with van der Waals surface area (Å²) in [7, 11) is -3.63. The van der Waals surface area contributed by atoms with E-state index in [0.717, 1.165) is 6.54 Å². The van der Waals surface area contributed by atoms with Crippen LogP contribution < -0.4 is 4.72 Å². The van der Waals surface area contributed by atoms with Crippen molar-refractivity contribution in [1.29, 1.82) is 0 Å². The molecule has 0 aliphatic rings. The van der Waals surface area contributed by atoms with Crippen LogP contribution in [0.1, 0.15) is 39.6 Å². The van der Waals surface area contributed by atoms with Crippen molar-refractivity contribution in [2.24, 2.45) is 5.92 Å². The van der Waals surface area contributed by atoms with Crippen molar-refractivity contribution in [3.63, 3.8) is 0 Å². The van der Waals surface area contributed by atoms with Crippen molar-refractivity contribution in [2.75, 3.05) is 0 Å². The van der Waals surface area contributed by atoms with Gasteiger partial charge in [0.1, 0.15) is 5.82 Å². The van der Waals surface area contributed by atoms with Crippen molar-refractivity contribution in [3.05, 3.63) is 30.7 Å². The molecule has 0 aliphatic carbocycles. The highest BCUT2D eigenvalue weighted by Gasteiger charge is 2.18. The van der Waals surface area contributed by atoms with Crippen molar-refractivity contribution in [2.45, 2.75) is 51.9 Å². The maximum atomic E-state index is 12.3. The Morgan fingerprint density at radius 2 is 1.95 bits per heavy atom. The molecule has 0 atom stereocenters. The minimum absolute atomic E-state index is 0.0307. The lowest BCUT2D eigenvalue weighted by molar-refractivity contribution is 0.502. The fourth-order valence-corrected chi connectivity index (χ4v) is 2.95.